The lowest BCUT2D eigenvalue weighted by molar-refractivity contribution is 0.319. The summed E-state index contributed by atoms with van der Waals surface area (Å²) in [6.07, 6.45) is 1.05. The Bertz CT molecular complexity index is 432. The van der Waals surface area contributed by atoms with Gasteiger partial charge in [-0.3, -0.25) is 0 Å². The molecule has 15 heavy (non-hydrogen) atoms. The lowest BCUT2D eigenvalue weighted by Crippen LogP contribution is -2.07. The molecule has 0 aromatic heterocycles. The molecule has 0 aliphatic heterocycles. The van der Waals surface area contributed by atoms with Crippen molar-refractivity contribution in [2.24, 2.45) is 10.9 Å². The van der Waals surface area contributed by atoms with Gasteiger partial charge < -0.3 is 10.9 Å². The molecular formula is C9H7ClF2N2O. The number of halogens is 3. The van der Waals surface area contributed by atoms with Crippen molar-refractivity contribution in [1.82, 2.24) is 0 Å². The van der Waals surface area contributed by atoms with Crippen LogP contribution in [0.2, 0.25) is 0 Å². The highest BCUT2D eigenvalue weighted by molar-refractivity contribution is 6.50. The van der Waals surface area contributed by atoms with Gasteiger partial charge in [0.1, 0.15) is 11.6 Å². The van der Waals surface area contributed by atoms with Crippen LogP contribution in [0.5, 0.6) is 0 Å². The molecule has 3 nitrogen and oxygen atoms in total. The summed E-state index contributed by atoms with van der Waals surface area (Å²) in [7, 11) is 0. The molecule has 0 bridgehead atoms. The lowest BCUT2D eigenvalue weighted by atomic mass is 10.2. The summed E-state index contributed by atoms with van der Waals surface area (Å²) in [5.74, 6) is -1.80. The summed E-state index contributed by atoms with van der Waals surface area (Å²) >= 11 is 5.66. The Kier molecular flexibility index (Phi) is 3.62. The highest BCUT2D eigenvalue weighted by Crippen LogP contribution is 2.22. The van der Waals surface area contributed by atoms with Crippen molar-refractivity contribution in [3.8, 4) is 0 Å². The van der Waals surface area contributed by atoms with Gasteiger partial charge in [0.05, 0.1) is 5.03 Å². The molecule has 0 saturated carbocycles. The molecule has 1 rings (SSSR count). The Labute approximate surface area is 89.5 Å². The van der Waals surface area contributed by atoms with E-state index in [0.29, 0.717) is 6.07 Å². The normalized spacial score (nSPS) is 13.0. The van der Waals surface area contributed by atoms with Crippen LogP contribution in [0.15, 0.2) is 29.4 Å². The minimum absolute atomic E-state index is 0.0235. The van der Waals surface area contributed by atoms with Crippen LogP contribution in [-0.4, -0.2) is 11.0 Å². The van der Waals surface area contributed by atoms with E-state index in [9.17, 15) is 8.78 Å². The quantitative estimate of drug-likeness (QED) is 0.356. The summed E-state index contributed by atoms with van der Waals surface area (Å²) in [5, 5.41) is 10.8. The van der Waals surface area contributed by atoms with E-state index in [-0.39, 0.29) is 16.4 Å². The number of benzene rings is 1. The summed E-state index contributed by atoms with van der Waals surface area (Å²) in [5.41, 5.74) is 5.11. The van der Waals surface area contributed by atoms with Crippen molar-refractivity contribution in [2.75, 3.05) is 0 Å². The second-order valence-corrected chi connectivity index (χ2v) is 3.05. The average Bonchev–Trinajstić information content (AvgIpc) is 2.17. The molecule has 0 spiro atoms. The van der Waals surface area contributed by atoms with E-state index in [2.05, 4.69) is 5.16 Å². The fourth-order valence-corrected chi connectivity index (χ4v) is 1.18. The molecular weight excluding hydrogens is 226 g/mol. The van der Waals surface area contributed by atoms with Gasteiger partial charge in [0.15, 0.2) is 5.84 Å². The van der Waals surface area contributed by atoms with E-state index in [4.69, 9.17) is 22.5 Å². The zero-order chi connectivity index (χ0) is 11.4. The van der Waals surface area contributed by atoms with Gasteiger partial charge in [-0.25, -0.2) is 8.78 Å². The lowest BCUT2D eigenvalue weighted by Gasteiger charge is -2.01. The van der Waals surface area contributed by atoms with Crippen LogP contribution >= 0.6 is 11.6 Å². The molecule has 6 heteroatoms. The minimum atomic E-state index is -0.818. The average molecular weight is 233 g/mol. The first-order valence-corrected chi connectivity index (χ1v) is 4.22. The molecule has 0 amide bonds. The van der Waals surface area contributed by atoms with E-state index < -0.39 is 11.6 Å². The fraction of sp³-hybridized carbons (Fsp3) is 0. The molecule has 0 saturated heterocycles. The zero-order valence-corrected chi connectivity index (χ0v) is 8.17. The van der Waals surface area contributed by atoms with Crippen LogP contribution in [0.4, 0.5) is 8.78 Å². The van der Waals surface area contributed by atoms with Crippen LogP contribution in [0, 0.1) is 11.6 Å². The fourth-order valence-electron chi connectivity index (χ4n) is 0.920. The third kappa shape index (κ3) is 2.92. The summed E-state index contributed by atoms with van der Waals surface area (Å²) in [4.78, 5) is 0. The van der Waals surface area contributed by atoms with Crippen LogP contribution < -0.4 is 5.73 Å². The minimum Gasteiger partial charge on any atom is -0.409 e. The number of hydrogen-bond donors (Lipinski definition) is 2. The first-order chi connectivity index (χ1) is 7.04. The van der Waals surface area contributed by atoms with Crippen LogP contribution in [-0.2, 0) is 0 Å². The number of rotatable bonds is 2. The zero-order valence-electron chi connectivity index (χ0n) is 7.42. The highest BCUT2D eigenvalue weighted by Gasteiger charge is 2.07. The largest absolute Gasteiger partial charge is 0.409 e. The molecule has 0 heterocycles. The molecule has 0 aliphatic carbocycles. The molecule has 0 aliphatic rings. The Balaban J connectivity index is 3.12. The molecule has 0 atom stereocenters. The second kappa shape index (κ2) is 4.75. The number of hydrogen-bond acceptors (Lipinski definition) is 2. The van der Waals surface area contributed by atoms with Crippen LogP contribution in [0.3, 0.4) is 0 Å². The number of nitrogens with zero attached hydrogens (tertiary/aromatic N) is 1. The molecule has 0 fully saturated rings. The van der Waals surface area contributed by atoms with Crippen molar-refractivity contribution in [3.63, 3.8) is 0 Å². The van der Waals surface area contributed by atoms with Gasteiger partial charge in [0.2, 0.25) is 0 Å². The maximum Gasteiger partial charge on any atom is 0.164 e. The van der Waals surface area contributed by atoms with Crippen molar-refractivity contribution in [1.29, 1.82) is 0 Å². The molecule has 0 radical (unpaired) electrons. The van der Waals surface area contributed by atoms with E-state index in [1.807, 2.05) is 0 Å². The standard InChI is InChI=1S/C9H7ClF2N2O/c10-7(4-9(13)14-15)6-2-1-5(11)3-8(6)12/h1-4,15H,(H2,13,14). The van der Waals surface area contributed by atoms with Gasteiger partial charge >= 0.3 is 0 Å². The molecule has 0 unspecified atom stereocenters. The Morgan fingerprint density at radius 3 is 2.67 bits per heavy atom. The van der Waals surface area contributed by atoms with Gasteiger partial charge in [-0.2, -0.15) is 0 Å². The maximum atomic E-state index is 13.1. The third-order valence-electron chi connectivity index (χ3n) is 1.58. The monoisotopic (exact) mass is 232 g/mol. The highest BCUT2D eigenvalue weighted by atomic mass is 35.5. The molecule has 3 N–H and O–H groups in total. The van der Waals surface area contributed by atoms with Crippen LogP contribution in [0.1, 0.15) is 5.56 Å². The maximum absolute atomic E-state index is 13.1. The summed E-state index contributed by atoms with van der Waals surface area (Å²) in [6, 6.07) is 2.91. The number of oxime groups is 1. The smallest absolute Gasteiger partial charge is 0.164 e. The molecule has 1 aromatic carbocycles. The van der Waals surface area contributed by atoms with Crippen molar-refractivity contribution in [2.45, 2.75) is 0 Å². The van der Waals surface area contributed by atoms with E-state index in [1.165, 1.54) is 0 Å². The van der Waals surface area contributed by atoms with Gasteiger partial charge in [0, 0.05) is 17.7 Å². The summed E-state index contributed by atoms with van der Waals surface area (Å²) < 4.78 is 25.7. The van der Waals surface area contributed by atoms with Gasteiger partial charge in [-0.05, 0) is 12.1 Å². The Hall–Kier alpha value is -1.62. The van der Waals surface area contributed by atoms with E-state index in [0.717, 1.165) is 18.2 Å². The van der Waals surface area contributed by atoms with Crippen molar-refractivity contribution < 1.29 is 14.0 Å². The van der Waals surface area contributed by atoms with E-state index >= 15 is 0 Å². The third-order valence-corrected chi connectivity index (χ3v) is 1.89. The second-order valence-electron chi connectivity index (χ2n) is 2.64. The van der Waals surface area contributed by atoms with Gasteiger partial charge in [-0.1, -0.05) is 16.8 Å². The Morgan fingerprint density at radius 1 is 1.47 bits per heavy atom. The predicted molar refractivity (Wildman–Crippen MR) is 53.6 cm³/mol. The topological polar surface area (TPSA) is 58.6 Å². The first-order valence-electron chi connectivity index (χ1n) is 3.84. The number of nitrogens with two attached hydrogens (primary N) is 1. The van der Waals surface area contributed by atoms with Crippen LogP contribution in [0.25, 0.3) is 5.03 Å². The number of amidine groups is 1. The van der Waals surface area contributed by atoms with E-state index in [1.54, 1.807) is 0 Å². The van der Waals surface area contributed by atoms with Gasteiger partial charge in [0.25, 0.3) is 0 Å². The molecule has 80 valence electrons. The predicted octanol–water partition coefficient (Wildman–Crippen LogP) is 2.29. The van der Waals surface area contributed by atoms with Crippen molar-refractivity contribution in [3.05, 3.63) is 41.5 Å². The SMILES string of the molecule is N/C(C=C(Cl)c1ccc(F)cc1F)=N\O. The van der Waals surface area contributed by atoms with Gasteiger partial charge in [-0.15, -0.1) is 0 Å². The summed E-state index contributed by atoms with van der Waals surface area (Å²) in [6.45, 7) is 0. The van der Waals surface area contributed by atoms with Crippen molar-refractivity contribution >= 4 is 22.5 Å². The molecule has 1 aromatic rings. The first kappa shape index (κ1) is 11.5. The Morgan fingerprint density at radius 2 is 2.13 bits per heavy atom.